The molecule has 1 aliphatic rings. The van der Waals surface area contributed by atoms with Gasteiger partial charge in [0.05, 0.1) is 11.0 Å². The fourth-order valence-electron chi connectivity index (χ4n) is 2.93. The lowest BCUT2D eigenvalue weighted by atomic mass is 10.1. The maximum atomic E-state index is 12.6. The molecule has 7 nitrogen and oxygen atoms in total. The van der Waals surface area contributed by atoms with E-state index in [1.807, 2.05) is 11.0 Å². The molecule has 2 rings (SSSR count). The van der Waals surface area contributed by atoms with Crippen LogP contribution in [0.15, 0.2) is 29.2 Å². The Hall–Kier alpha value is -1.95. The lowest BCUT2D eigenvalue weighted by molar-refractivity contribution is 0.0623. The van der Waals surface area contributed by atoms with Gasteiger partial charge in [0.2, 0.25) is 10.0 Å². The zero-order valence-corrected chi connectivity index (χ0v) is 16.1. The summed E-state index contributed by atoms with van der Waals surface area (Å²) in [4.78, 5) is 16.9. The average molecular weight is 378 g/mol. The van der Waals surface area contributed by atoms with Crippen LogP contribution < -0.4 is 4.72 Å². The number of rotatable bonds is 7. The maximum absolute atomic E-state index is 12.6. The summed E-state index contributed by atoms with van der Waals surface area (Å²) in [5.74, 6) is 0.532. The Balaban J connectivity index is 1.96. The smallest absolute Gasteiger partial charge is 0.253 e. The van der Waals surface area contributed by atoms with Crippen LogP contribution in [0.25, 0.3) is 0 Å². The van der Waals surface area contributed by atoms with Crippen molar-refractivity contribution in [3.63, 3.8) is 0 Å². The summed E-state index contributed by atoms with van der Waals surface area (Å²) in [6.45, 7) is 8.55. The molecule has 0 unspecified atom stereocenters. The topological polar surface area (TPSA) is 93.5 Å². The van der Waals surface area contributed by atoms with Crippen molar-refractivity contribution in [3.8, 4) is 6.07 Å². The standard InChI is InChI=1S/C18H26N4O3S/c1-15(2)14-21-10-12-22(13-11-21)18(23)16-4-6-17(7-5-16)26(24,25)20-9-3-8-19/h4-7,15,20H,3,9-14H2,1-2H3. The second-order valence-corrected chi connectivity index (χ2v) is 8.58. The van der Waals surface area contributed by atoms with E-state index in [0.29, 0.717) is 24.6 Å². The minimum Gasteiger partial charge on any atom is -0.336 e. The predicted octanol–water partition coefficient (Wildman–Crippen LogP) is 1.29. The molecule has 0 atom stereocenters. The fraction of sp³-hybridized carbons (Fsp3) is 0.556. The fourth-order valence-corrected chi connectivity index (χ4v) is 3.97. The van der Waals surface area contributed by atoms with Gasteiger partial charge in [-0.15, -0.1) is 0 Å². The van der Waals surface area contributed by atoms with Crippen LogP contribution in [-0.2, 0) is 10.0 Å². The summed E-state index contributed by atoms with van der Waals surface area (Å²) in [5.41, 5.74) is 0.485. The zero-order valence-electron chi connectivity index (χ0n) is 15.3. The SMILES string of the molecule is CC(C)CN1CCN(C(=O)c2ccc(S(=O)(=O)NCCC#N)cc2)CC1. The van der Waals surface area contributed by atoms with Crippen molar-refractivity contribution in [2.45, 2.75) is 25.2 Å². The number of carbonyl (C=O) groups excluding carboxylic acids is 1. The molecule has 1 aromatic carbocycles. The van der Waals surface area contributed by atoms with E-state index >= 15 is 0 Å². The number of amides is 1. The summed E-state index contributed by atoms with van der Waals surface area (Å²) in [7, 11) is -3.65. The number of hydrogen-bond donors (Lipinski definition) is 1. The van der Waals surface area contributed by atoms with Gasteiger partial charge in [0, 0.05) is 51.3 Å². The van der Waals surface area contributed by atoms with Crippen LogP contribution in [-0.4, -0.2) is 63.4 Å². The zero-order chi connectivity index (χ0) is 19.2. The van der Waals surface area contributed by atoms with Crippen molar-refractivity contribution in [3.05, 3.63) is 29.8 Å². The number of nitrogens with zero attached hydrogens (tertiary/aromatic N) is 3. The van der Waals surface area contributed by atoms with Gasteiger partial charge >= 0.3 is 0 Å². The van der Waals surface area contributed by atoms with Crippen molar-refractivity contribution in [2.24, 2.45) is 5.92 Å². The monoisotopic (exact) mass is 378 g/mol. The predicted molar refractivity (Wildman–Crippen MR) is 99.0 cm³/mol. The van der Waals surface area contributed by atoms with Crippen LogP contribution in [0, 0.1) is 17.2 Å². The third-order valence-electron chi connectivity index (χ3n) is 4.22. The van der Waals surface area contributed by atoms with Crippen molar-refractivity contribution in [1.82, 2.24) is 14.5 Å². The van der Waals surface area contributed by atoms with E-state index in [2.05, 4.69) is 23.5 Å². The number of piperazine rings is 1. The number of hydrogen-bond acceptors (Lipinski definition) is 5. The van der Waals surface area contributed by atoms with Gasteiger partial charge in [-0.2, -0.15) is 5.26 Å². The van der Waals surface area contributed by atoms with Crippen LogP contribution in [0.2, 0.25) is 0 Å². The molecule has 1 amide bonds. The summed E-state index contributed by atoms with van der Waals surface area (Å²) in [6.07, 6.45) is 0.110. The molecule has 0 radical (unpaired) electrons. The Labute approximate surface area is 155 Å². The molecule has 1 N–H and O–H groups in total. The first kappa shape index (κ1) is 20.4. The average Bonchev–Trinajstić information content (AvgIpc) is 2.61. The molecule has 0 spiro atoms. The molecule has 0 bridgehead atoms. The molecular formula is C18H26N4O3S. The first-order valence-electron chi connectivity index (χ1n) is 8.82. The van der Waals surface area contributed by atoms with Crippen molar-refractivity contribution in [2.75, 3.05) is 39.3 Å². The third kappa shape index (κ3) is 5.53. The van der Waals surface area contributed by atoms with Gasteiger partial charge in [-0.25, -0.2) is 13.1 Å². The number of carbonyl (C=O) groups is 1. The largest absolute Gasteiger partial charge is 0.336 e. The van der Waals surface area contributed by atoms with Crippen LogP contribution in [0.1, 0.15) is 30.6 Å². The second-order valence-electron chi connectivity index (χ2n) is 6.82. The molecular weight excluding hydrogens is 352 g/mol. The summed E-state index contributed by atoms with van der Waals surface area (Å²) in [5, 5.41) is 8.48. The first-order valence-corrected chi connectivity index (χ1v) is 10.3. The molecule has 1 fully saturated rings. The minimum atomic E-state index is -3.65. The van der Waals surface area contributed by atoms with E-state index in [-0.39, 0.29) is 23.8 Å². The van der Waals surface area contributed by atoms with Crippen molar-refractivity contribution in [1.29, 1.82) is 5.26 Å². The lowest BCUT2D eigenvalue weighted by Crippen LogP contribution is -2.49. The maximum Gasteiger partial charge on any atom is 0.253 e. The number of nitrogens with one attached hydrogen (secondary N) is 1. The van der Waals surface area contributed by atoms with Gasteiger partial charge in [0.15, 0.2) is 0 Å². The molecule has 1 saturated heterocycles. The highest BCUT2D eigenvalue weighted by Crippen LogP contribution is 2.14. The molecule has 8 heteroatoms. The first-order chi connectivity index (χ1) is 12.3. The second kappa shape index (κ2) is 9.12. The van der Waals surface area contributed by atoms with Gasteiger partial charge in [-0.1, -0.05) is 13.8 Å². The highest BCUT2D eigenvalue weighted by Gasteiger charge is 2.23. The molecule has 26 heavy (non-hydrogen) atoms. The van der Waals surface area contributed by atoms with Gasteiger partial charge in [-0.3, -0.25) is 9.69 Å². The summed E-state index contributed by atoms with van der Waals surface area (Å²) >= 11 is 0. The Morgan fingerprint density at radius 1 is 1.19 bits per heavy atom. The molecule has 142 valence electrons. The molecule has 0 aliphatic carbocycles. The van der Waals surface area contributed by atoms with E-state index in [9.17, 15) is 13.2 Å². The normalized spacial score (nSPS) is 15.8. The van der Waals surface area contributed by atoms with Gasteiger partial charge in [-0.05, 0) is 30.2 Å². The highest BCUT2D eigenvalue weighted by atomic mass is 32.2. The Morgan fingerprint density at radius 3 is 2.35 bits per heavy atom. The van der Waals surface area contributed by atoms with Crippen molar-refractivity contribution >= 4 is 15.9 Å². The minimum absolute atomic E-state index is 0.0696. The van der Waals surface area contributed by atoms with Crippen LogP contribution in [0.5, 0.6) is 0 Å². The number of benzene rings is 1. The Bertz CT molecular complexity index is 746. The number of sulfonamides is 1. The molecule has 0 saturated carbocycles. The van der Waals surface area contributed by atoms with Crippen LogP contribution in [0.3, 0.4) is 0 Å². The third-order valence-corrected chi connectivity index (χ3v) is 5.70. The quantitative estimate of drug-likeness (QED) is 0.722. The highest BCUT2D eigenvalue weighted by molar-refractivity contribution is 7.89. The van der Waals surface area contributed by atoms with E-state index in [0.717, 1.165) is 19.6 Å². The summed E-state index contributed by atoms with van der Waals surface area (Å²) in [6, 6.07) is 7.83. The van der Waals surface area contributed by atoms with Gasteiger partial charge < -0.3 is 4.90 Å². The molecule has 1 heterocycles. The van der Waals surface area contributed by atoms with E-state index in [4.69, 9.17) is 5.26 Å². The van der Waals surface area contributed by atoms with Crippen LogP contribution >= 0.6 is 0 Å². The van der Waals surface area contributed by atoms with Gasteiger partial charge in [0.1, 0.15) is 0 Å². The van der Waals surface area contributed by atoms with E-state index < -0.39 is 10.0 Å². The molecule has 1 aromatic rings. The Kier molecular flexibility index (Phi) is 7.14. The van der Waals surface area contributed by atoms with Crippen molar-refractivity contribution < 1.29 is 13.2 Å². The van der Waals surface area contributed by atoms with Gasteiger partial charge in [0.25, 0.3) is 5.91 Å². The lowest BCUT2D eigenvalue weighted by Gasteiger charge is -2.35. The van der Waals surface area contributed by atoms with E-state index in [1.54, 1.807) is 12.1 Å². The number of nitriles is 1. The van der Waals surface area contributed by atoms with E-state index in [1.165, 1.54) is 12.1 Å². The molecule has 1 aliphatic heterocycles. The van der Waals surface area contributed by atoms with Crippen LogP contribution in [0.4, 0.5) is 0 Å². The summed E-state index contributed by atoms with van der Waals surface area (Å²) < 4.78 is 26.5. The molecule has 0 aromatic heterocycles. The Morgan fingerprint density at radius 2 is 1.81 bits per heavy atom.